The SMILES string of the molecule is CN(C)CC(=O)N1CC[C@@H](Oc2ccc(-c3ccnc4c3cc(-c3ccc(N5CCOCC5)cc3)n4S(=O)(=O)c3ccccc3)cc2C#N)C1.N#Cc1cc(-c2ccnc3c2cc(-c2ccc(N4CCOCC4)cc2)n3S(=O)(=O)c2ccccc2)ccc1O[C@@H]1CCNC1. The normalized spacial score (nSPS) is 16.8. The second kappa shape index (κ2) is 27.3. The van der Waals surface area contributed by atoms with E-state index in [1.54, 1.807) is 96.2 Å². The maximum absolute atomic E-state index is 14.3. The number of likely N-dealkylation sites (N-methyl/N-ethyl adjacent to an activating group) is 1. The van der Waals surface area contributed by atoms with E-state index >= 15 is 0 Å². The summed E-state index contributed by atoms with van der Waals surface area (Å²) in [5.74, 6) is 1.03. The van der Waals surface area contributed by atoms with Crippen molar-refractivity contribution in [3.8, 4) is 68.4 Å². The molecule has 4 fully saturated rings. The minimum absolute atomic E-state index is 0.0231. The highest BCUT2D eigenvalue weighted by Crippen LogP contribution is 2.41. The first kappa shape index (κ1) is 62.9. The number of carbonyl (C=O) groups excluding carboxylic acids is 1. The Hall–Kier alpha value is -9.91. The second-order valence-electron chi connectivity index (χ2n) is 23.7. The van der Waals surface area contributed by atoms with Crippen molar-refractivity contribution in [3.63, 3.8) is 0 Å². The average Bonchev–Trinajstić information content (AvgIpc) is 1.58. The summed E-state index contributed by atoms with van der Waals surface area (Å²) in [6.07, 6.45) is 4.57. The molecule has 14 rings (SSSR count). The molecule has 22 heteroatoms. The molecule has 4 aliphatic heterocycles. The molecule has 0 spiro atoms. The Kier molecular flexibility index (Phi) is 18.3. The first-order valence-electron chi connectivity index (χ1n) is 31.3. The molecule has 8 heterocycles. The molecule has 0 saturated carbocycles. The van der Waals surface area contributed by atoms with Crippen molar-refractivity contribution in [1.29, 1.82) is 10.5 Å². The van der Waals surface area contributed by atoms with E-state index in [2.05, 4.69) is 37.2 Å². The fourth-order valence-electron chi connectivity index (χ4n) is 12.6. The Morgan fingerprint density at radius 2 is 1.01 bits per heavy atom. The van der Waals surface area contributed by atoms with Gasteiger partial charge in [0.15, 0.2) is 11.3 Å². The van der Waals surface area contributed by atoms with Crippen molar-refractivity contribution in [2.24, 2.45) is 0 Å². The lowest BCUT2D eigenvalue weighted by molar-refractivity contribution is -0.131. The fourth-order valence-corrected chi connectivity index (χ4v) is 15.6. The van der Waals surface area contributed by atoms with E-state index in [0.717, 1.165) is 90.4 Å². The predicted octanol–water partition coefficient (Wildman–Crippen LogP) is 9.91. The average molecular weight is 1300 g/mol. The number of carbonyl (C=O) groups is 1. The van der Waals surface area contributed by atoms with Crippen molar-refractivity contribution >= 4 is 59.4 Å². The van der Waals surface area contributed by atoms with Crippen LogP contribution in [0.15, 0.2) is 192 Å². The summed E-state index contributed by atoms with van der Waals surface area (Å²) in [6.45, 7) is 8.92. The zero-order valence-electron chi connectivity index (χ0n) is 52.0. The standard InChI is InChI=1S/C38H38N6O5S.C34H31N5O4S/c1-41(2)26-37(45)43-17-15-31(25-43)49-36-13-10-28(22-29(36)24-39)33-14-16-40-38-34(33)23-35(44(38)50(46,47)32-6-4-3-5-7-32)27-8-11-30(12-9-27)42-18-20-48-21-19-42;35-22-26-20-25(8-11-33(26)43-28-12-14-36-23-28)30-13-15-37-34-31(30)21-32(39(34)44(40,41)29-4-2-1-3-5-29)24-6-9-27(10-7-24)38-16-18-42-19-17-38/h3-14,16,22-23,31H,15,17-21,25-26H2,1-2H3;1-11,13,15,20-21,28,36H,12,14,16-19,23H2/t31-;28-/m11/s1. The van der Waals surface area contributed by atoms with Gasteiger partial charge in [-0.1, -0.05) is 72.8 Å². The van der Waals surface area contributed by atoms with Crippen LogP contribution in [0.1, 0.15) is 24.0 Å². The third-order valence-corrected chi connectivity index (χ3v) is 20.8. The molecule has 10 aromatic rings. The Balaban J connectivity index is 0.000000172. The van der Waals surface area contributed by atoms with E-state index in [-0.39, 0.29) is 33.6 Å². The number of amides is 1. The minimum Gasteiger partial charge on any atom is -0.488 e. The molecule has 0 bridgehead atoms. The van der Waals surface area contributed by atoms with Crippen LogP contribution >= 0.6 is 0 Å². The summed E-state index contributed by atoms with van der Waals surface area (Å²) in [4.78, 5) is 30.2. The second-order valence-corrected chi connectivity index (χ2v) is 27.3. The molecule has 94 heavy (non-hydrogen) atoms. The summed E-state index contributed by atoms with van der Waals surface area (Å²) >= 11 is 0. The van der Waals surface area contributed by atoms with Gasteiger partial charge in [-0.25, -0.2) is 34.7 Å². The van der Waals surface area contributed by atoms with Crippen molar-refractivity contribution < 1.29 is 40.6 Å². The first-order chi connectivity index (χ1) is 45.7. The third kappa shape index (κ3) is 13.0. The van der Waals surface area contributed by atoms with Gasteiger partial charge in [0.1, 0.15) is 35.8 Å². The largest absolute Gasteiger partial charge is 0.488 e. The molecule has 478 valence electrons. The number of morpholine rings is 2. The van der Waals surface area contributed by atoms with E-state index in [4.69, 9.17) is 18.9 Å². The Morgan fingerprint density at radius 3 is 1.44 bits per heavy atom. The fraction of sp³-hybridized carbons (Fsp3) is 0.264. The number of nitriles is 2. The predicted molar refractivity (Wildman–Crippen MR) is 361 cm³/mol. The lowest BCUT2D eigenvalue weighted by Crippen LogP contribution is -2.37. The number of aromatic nitrogens is 4. The van der Waals surface area contributed by atoms with Gasteiger partial charge in [0, 0.05) is 80.2 Å². The highest BCUT2D eigenvalue weighted by molar-refractivity contribution is 7.90. The third-order valence-electron chi connectivity index (χ3n) is 17.3. The molecule has 0 aliphatic carbocycles. The van der Waals surface area contributed by atoms with Gasteiger partial charge < -0.3 is 43.9 Å². The molecule has 20 nitrogen and oxygen atoms in total. The number of hydrogen-bond acceptors (Lipinski definition) is 17. The number of likely N-dealkylation sites (tertiary alicyclic amines) is 1. The van der Waals surface area contributed by atoms with Gasteiger partial charge in [-0.3, -0.25) is 4.79 Å². The molecule has 6 aromatic carbocycles. The number of hydrogen-bond donors (Lipinski definition) is 1. The monoisotopic (exact) mass is 1300 g/mol. The van der Waals surface area contributed by atoms with E-state index in [1.165, 1.54) is 7.94 Å². The number of nitrogens with zero attached hydrogens (tertiary/aromatic N) is 10. The lowest BCUT2D eigenvalue weighted by atomic mass is 10.0. The van der Waals surface area contributed by atoms with Crippen LogP contribution in [0.25, 0.3) is 66.8 Å². The molecule has 0 unspecified atom stereocenters. The van der Waals surface area contributed by atoms with Crippen LogP contribution in [-0.4, -0.2) is 162 Å². The summed E-state index contributed by atoms with van der Waals surface area (Å²) in [5, 5.41) is 24.7. The van der Waals surface area contributed by atoms with Crippen LogP contribution in [0.5, 0.6) is 11.5 Å². The number of rotatable bonds is 16. The van der Waals surface area contributed by atoms with Crippen LogP contribution in [0.2, 0.25) is 0 Å². The number of anilines is 2. The van der Waals surface area contributed by atoms with E-state index < -0.39 is 20.0 Å². The summed E-state index contributed by atoms with van der Waals surface area (Å²) < 4.78 is 83.1. The van der Waals surface area contributed by atoms with Gasteiger partial charge in [-0.2, -0.15) is 10.5 Å². The molecule has 1 amide bonds. The highest BCUT2D eigenvalue weighted by Gasteiger charge is 2.31. The number of benzene rings is 6. The van der Waals surface area contributed by atoms with Crippen molar-refractivity contribution in [2.75, 3.05) is 109 Å². The van der Waals surface area contributed by atoms with Gasteiger partial charge in [-0.15, -0.1) is 0 Å². The van der Waals surface area contributed by atoms with E-state index in [0.29, 0.717) is 103 Å². The van der Waals surface area contributed by atoms with Crippen LogP contribution < -0.4 is 24.6 Å². The van der Waals surface area contributed by atoms with Crippen molar-refractivity contribution in [3.05, 3.63) is 193 Å². The van der Waals surface area contributed by atoms with Crippen LogP contribution in [-0.2, 0) is 34.3 Å². The number of fused-ring (bicyclic) bond motifs is 2. The van der Waals surface area contributed by atoms with Gasteiger partial charge >= 0.3 is 0 Å². The molecule has 2 atom stereocenters. The van der Waals surface area contributed by atoms with Gasteiger partial charge in [0.25, 0.3) is 20.0 Å². The van der Waals surface area contributed by atoms with E-state index in [1.807, 2.05) is 110 Å². The quantitative estimate of drug-likeness (QED) is 0.0948. The maximum Gasteiger partial charge on any atom is 0.269 e. The highest BCUT2D eigenvalue weighted by atomic mass is 32.2. The molecule has 4 aliphatic rings. The molecular weight excluding hydrogens is 1230 g/mol. The van der Waals surface area contributed by atoms with Gasteiger partial charge in [-0.05, 0) is 158 Å². The molecular formula is C72H69N11O9S2. The molecule has 4 saturated heterocycles. The van der Waals surface area contributed by atoms with Gasteiger partial charge in [0.05, 0.1) is 71.8 Å². The maximum atomic E-state index is 14.3. The Bertz CT molecular complexity index is 4730. The Labute approximate surface area is 546 Å². The zero-order chi connectivity index (χ0) is 64.9. The molecule has 0 radical (unpaired) electrons. The van der Waals surface area contributed by atoms with Crippen molar-refractivity contribution in [1.82, 2.24) is 33.0 Å². The topological polar surface area (TPSA) is 230 Å². The van der Waals surface area contributed by atoms with Crippen LogP contribution in [0.3, 0.4) is 0 Å². The minimum atomic E-state index is -4.06. The number of ether oxygens (including phenoxy) is 4. The molecule has 1 N–H and O–H groups in total. The van der Waals surface area contributed by atoms with E-state index in [9.17, 15) is 32.2 Å². The summed E-state index contributed by atoms with van der Waals surface area (Å²) in [7, 11) is -4.35. The zero-order valence-corrected chi connectivity index (χ0v) is 53.7. The number of pyridine rings is 2. The first-order valence-corrected chi connectivity index (χ1v) is 34.2. The number of nitrogens with one attached hydrogen (secondary N) is 1. The smallest absolute Gasteiger partial charge is 0.269 e. The van der Waals surface area contributed by atoms with Crippen molar-refractivity contribution in [2.45, 2.75) is 34.8 Å². The van der Waals surface area contributed by atoms with Gasteiger partial charge in [0.2, 0.25) is 5.91 Å². The lowest BCUT2D eigenvalue weighted by Gasteiger charge is -2.28. The van der Waals surface area contributed by atoms with Crippen LogP contribution in [0.4, 0.5) is 11.4 Å². The van der Waals surface area contributed by atoms with Crippen LogP contribution in [0, 0.1) is 22.7 Å². The summed E-state index contributed by atoms with van der Waals surface area (Å²) in [5.41, 5.74) is 8.92. The summed E-state index contributed by atoms with van der Waals surface area (Å²) in [6, 6.07) is 55.4. The molecule has 4 aromatic heterocycles. The Morgan fingerprint density at radius 1 is 0.564 bits per heavy atom.